The van der Waals surface area contributed by atoms with E-state index in [0.29, 0.717) is 0 Å². The van der Waals surface area contributed by atoms with E-state index in [1.54, 1.807) is 0 Å². The standard InChI is InChI=1S/C43H30N2S/c1-43(2)34-18-7-8-19-36(34)44(28-14-4-3-5-15-28)39-26-38-32(25-35(39)43)31-17-10-12-27-13-11-20-37(42(27)31)45(38)29-22-23-41-33(24-29)30-16-6-9-21-40(30)46-41/h3-26H,1-2H3. The molecule has 2 aliphatic heterocycles. The molecular formula is C43H30N2S. The molecule has 2 aliphatic rings. The van der Waals surface area contributed by atoms with Crippen LogP contribution in [0.4, 0.5) is 34.1 Å². The lowest BCUT2D eigenvalue weighted by Crippen LogP contribution is -2.31. The first-order valence-corrected chi connectivity index (χ1v) is 16.8. The molecule has 0 bridgehead atoms. The minimum absolute atomic E-state index is 0.184. The Morgan fingerprint density at radius 3 is 2.07 bits per heavy atom. The van der Waals surface area contributed by atoms with E-state index < -0.39 is 0 Å². The maximum atomic E-state index is 2.51. The quantitative estimate of drug-likeness (QED) is 0.193. The summed E-state index contributed by atoms with van der Waals surface area (Å²) in [5.74, 6) is 0. The fourth-order valence-electron chi connectivity index (χ4n) is 7.98. The molecule has 3 heteroatoms. The molecule has 10 rings (SSSR count). The van der Waals surface area contributed by atoms with Gasteiger partial charge in [-0.3, -0.25) is 0 Å². The minimum Gasteiger partial charge on any atom is -0.310 e. The number of fused-ring (bicyclic) bond motifs is 7. The van der Waals surface area contributed by atoms with Gasteiger partial charge in [0.15, 0.2) is 0 Å². The first-order valence-electron chi connectivity index (χ1n) is 15.9. The molecule has 8 aromatic rings. The fraction of sp³-hybridized carbons (Fsp3) is 0.0698. The number of hydrogen-bond donors (Lipinski definition) is 0. The second kappa shape index (κ2) is 9.32. The number of hydrogen-bond acceptors (Lipinski definition) is 3. The van der Waals surface area contributed by atoms with E-state index in [4.69, 9.17) is 0 Å². The molecule has 0 N–H and O–H groups in total. The van der Waals surface area contributed by atoms with Crippen molar-refractivity contribution in [2.24, 2.45) is 0 Å². The predicted octanol–water partition coefficient (Wildman–Crippen LogP) is 12.8. The predicted molar refractivity (Wildman–Crippen MR) is 197 cm³/mol. The summed E-state index contributed by atoms with van der Waals surface area (Å²) < 4.78 is 2.65. The summed E-state index contributed by atoms with van der Waals surface area (Å²) in [6.07, 6.45) is 0. The average molecular weight is 607 g/mol. The number of rotatable bonds is 2. The van der Waals surface area contributed by atoms with Crippen LogP contribution >= 0.6 is 11.3 Å². The van der Waals surface area contributed by atoms with Crippen LogP contribution in [0.5, 0.6) is 0 Å². The van der Waals surface area contributed by atoms with Gasteiger partial charge in [-0.15, -0.1) is 11.3 Å². The average Bonchev–Trinajstić information content (AvgIpc) is 3.47. The van der Waals surface area contributed by atoms with Crippen molar-refractivity contribution in [1.82, 2.24) is 0 Å². The lowest BCUT2D eigenvalue weighted by Gasteiger charge is -2.44. The molecule has 0 spiro atoms. The summed E-state index contributed by atoms with van der Waals surface area (Å²) in [6.45, 7) is 4.76. The van der Waals surface area contributed by atoms with E-state index in [1.165, 1.54) is 87.3 Å². The Kier molecular flexibility index (Phi) is 5.25. The Morgan fingerprint density at radius 1 is 0.457 bits per heavy atom. The van der Waals surface area contributed by atoms with Crippen molar-refractivity contribution in [2.75, 3.05) is 9.80 Å². The van der Waals surface area contributed by atoms with Crippen LogP contribution in [0.3, 0.4) is 0 Å². The van der Waals surface area contributed by atoms with Crippen LogP contribution < -0.4 is 9.80 Å². The van der Waals surface area contributed by atoms with E-state index >= 15 is 0 Å². The summed E-state index contributed by atoms with van der Waals surface area (Å²) in [4.78, 5) is 4.97. The maximum Gasteiger partial charge on any atom is 0.0561 e. The van der Waals surface area contributed by atoms with Crippen LogP contribution in [0.1, 0.15) is 25.0 Å². The molecule has 0 radical (unpaired) electrons. The van der Waals surface area contributed by atoms with E-state index in [9.17, 15) is 0 Å². The summed E-state index contributed by atoms with van der Waals surface area (Å²) in [7, 11) is 0. The Bertz CT molecular complexity index is 2520. The van der Waals surface area contributed by atoms with Crippen LogP contribution in [0.15, 0.2) is 146 Å². The summed E-state index contributed by atoms with van der Waals surface area (Å²) in [6, 6.07) is 54.0. The van der Waals surface area contributed by atoms with Crippen LogP contribution in [0, 0.1) is 0 Å². The van der Waals surface area contributed by atoms with Gasteiger partial charge >= 0.3 is 0 Å². The van der Waals surface area contributed by atoms with Gasteiger partial charge in [0.2, 0.25) is 0 Å². The molecule has 7 aromatic carbocycles. The molecule has 46 heavy (non-hydrogen) atoms. The molecule has 2 nitrogen and oxygen atoms in total. The van der Waals surface area contributed by atoms with E-state index in [0.717, 1.165) is 0 Å². The second-order valence-corrected chi connectivity index (χ2v) is 14.1. The highest BCUT2D eigenvalue weighted by atomic mass is 32.1. The number of thiophene rings is 1. The maximum absolute atomic E-state index is 2.51. The molecule has 1 aromatic heterocycles. The van der Waals surface area contributed by atoms with Gasteiger partial charge in [0.05, 0.1) is 22.7 Å². The summed E-state index contributed by atoms with van der Waals surface area (Å²) >= 11 is 1.87. The number of nitrogens with zero attached hydrogens (tertiary/aromatic N) is 2. The fourth-order valence-corrected chi connectivity index (χ4v) is 9.07. The Hall–Kier alpha value is -5.38. The van der Waals surface area contributed by atoms with Gasteiger partial charge in [-0.05, 0) is 82.7 Å². The van der Waals surface area contributed by atoms with Crippen LogP contribution in [0.2, 0.25) is 0 Å². The molecule has 218 valence electrons. The largest absolute Gasteiger partial charge is 0.310 e. The van der Waals surface area contributed by atoms with E-state index in [2.05, 4.69) is 169 Å². The van der Waals surface area contributed by atoms with Gasteiger partial charge < -0.3 is 9.80 Å². The van der Waals surface area contributed by atoms with Gasteiger partial charge in [-0.2, -0.15) is 0 Å². The third-order valence-corrected chi connectivity index (χ3v) is 11.3. The van der Waals surface area contributed by atoms with Gasteiger partial charge in [0.25, 0.3) is 0 Å². The second-order valence-electron chi connectivity index (χ2n) is 13.0. The third-order valence-electron chi connectivity index (χ3n) is 10.1. The van der Waals surface area contributed by atoms with E-state index in [1.807, 2.05) is 11.3 Å². The van der Waals surface area contributed by atoms with Crippen molar-refractivity contribution < 1.29 is 0 Å². The van der Waals surface area contributed by atoms with Gasteiger partial charge in [-0.25, -0.2) is 0 Å². The zero-order valence-electron chi connectivity index (χ0n) is 25.7. The Morgan fingerprint density at radius 2 is 1.17 bits per heavy atom. The first-order chi connectivity index (χ1) is 22.6. The van der Waals surface area contributed by atoms with Crippen molar-refractivity contribution in [3.8, 4) is 11.1 Å². The zero-order chi connectivity index (χ0) is 30.6. The lowest BCUT2D eigenvalue weighted by atomic mass is 9.72. The lowest BCUT2D eigenvalue weighted by molar-refractivity contribution is 0.632. The molecule has 3 heterocycles. The van der Waals surface area contributed by atoms with E-state index in [-0.39, 0.29) is 5.41 Å². The van der Waals surface area contributed by atoms with Crippen LogP contribution in [-0.4, -0.2) is 0 Å². The highest BCUT2D eigenvalue weighted by Crippen LogP contribution is 2.58. The highest BCUT2D eigenvalue weighted by molar-refractivity contribution is 7.25. The third kappa shape index (κ3) is 3.46. The van der Waals surface area contributed by atoms with Gasteiger partial charge in [0, 0.05) is 47.9 Å². The SMILES string of the molecule is CC1(C)c2ccccc2N(c2ccccc2)c2cc3c(cc21)-c1cccc2cccc(c12)N3c1ccc2sc3ccccc3c2c1. The summed E-state index contributed by atoms with van der Waals surface area (Å²) in [5, 5.41) is 5.20. The van der Waals surface area contributed by atoms with Crippen molar-refractivity contribution >= 4 is 76.4 Å². The van der Waals surface area contributed by atoms with Crippen LogP contribution in [0.25, 0.3) is 42.1 Å². The zero-order valence-corrected chi connectivity index (χ0v) is 26.5. The van der Waals surface area contributed by atoms with Gasteiger partial charge in [0.1, 0.15) is 0 Å². The smallest absolute Gasteiger partial charge is 0.0561 e. The molecule has 0 atom stereocenters. The molecule has 0 amide bonds. The minimum atomic E-state index is -0.184. The monoisotopic (exact) mass is 606 g/mol. The van der Waals surface area contributed by atoms with Crippen molar-refractivity contribution in [1.29, 1.82) is 0 Å². The highest BCUT2D eigenvalue weighted by Gasteiger charge is 2.39. The summed E-state index contributed by atoms with van der Waals surface area (Å²) in [5.41, 5.74) is 12.3. The molecule has 0 aliphatic carbocycles. The normalized spacial score (nSPS) is 14.4. The molecule has 0 unspecified atom stereocenters. The molecular weight excluding hydrogens is 577 g/mol. The Labute approximate surface area is 272 Å². The molecule has 0 fully saturated rings. The van der Waals surface area contributed by atoms with Crippen molar-refractivity contribution in [3.05, 3.63) is 157 Å². The van der Waals surface area contributed by atoms with Gasteiger partial charge in [-0.1, -0.05) is 98.8 Å². The molecule has 0 saturated carbocycles. The van der Waals surface area contributed by atoms with Crippen molar-refractivity contribution in [3.63, 3.8) is 0 Å². The first kappa shape index (κ1) is 25.9. The van der Waals surface area contributed by atoms with Crippen molar-refractivity contribution in [2.45, 2.75) is 19.3 Å². The number of anilines is 6. The topological polar surface area (TPSA) is 6.48 Å². The van der Waals surface area contributed by atoms with Crippen LogP contribution in [-0.2, 0) is 5.41 Å². The Balaban J connectivity index is 1.31. The molecule has 0 saturated heterocycles. The number of para-hydroxylation sites is 2. The number of benzene rings is 7.